The lowest BCUT2D eigenvalue weighted by molar-refractivity contribution is 0.661. The van der Waals surface area contributed by atoms with E-state index in [2.05, 4.69) is 10.2 Å². The highest BCUT2D eigenvalue weighted by Gasteiger charge is 2.04. The first-order valence-electron chi connectivity index (χ1n) is 4.42. The van der Waals surface area contributed by atoms with Crippen molar-refractivity contribution in [2.24, 2.45) is 5.73 Å². The molecule has 0 radical (unpaired) electrons. The van der Waals surface area contributed by atoms with Crippen LogP contribution in [0.1, 0.15) is 6.92 Å². The molecule has 0 spiro atoms. The topological polar surface area (TPSA) is 76.7 Å². The van der Waals surface area contributed by atoms with Gasteiger partial charge in [0.15, 0.2) is 5.16 Å². The number of aromatic amines is 1. The lowest BCUT2D eigenvalue weighted by Crippen LogP contribution is -2.16. The number of H-pyrrole nitrogens is 1. The second-order valence-corrected chi connectivity index (χ2v) is 3.56. The molecule has 0 aromatic carbocycles. The van der Waals surface area contributed by atoms with Crippen LogP contribution in [0.25, 0.3) is 0 Å². The monoisotopic (exact) mass is 214 g/mol. The second kappa shape index (κ2) is 5.66. The van der Waals surface area contributed by atoms with Crippen LogP contribution in [0.2, 0.25) is 0 Å². The van der Waals surface area contributed by atoms with Crippen LogP contribution in [-0.4, -0.2) is 27.1 Å². The lowest BCUT2D eigenvalue weighted by atomic mass is 10.5. The quantitative estimate of drug-likeness (QED) is 0.542. The Morgan fingerprint density at radius 2 is 2.43 bits per heavy atom. The summed E-state index contributed by atoms with van der Waals surface area (Å²) in [5.41, 5.74) is 5.14. The van der Waals surface area contributed by atoms with Gasteiger partial charge < -0.3 is 5.73 Å². The van der Waals surface area contributed by atoms with Gasteiger partial charge in [-0.05, 0) is 6.92 Å². The molecule has 6 heteroatoms. The van der Waals surface area contributed by atoms with Crippen molar-refractivity contribution < 1.29 is 0 Å². The van der Waals surface area contributed by atoms with Crippen LogP contribution in [0.3, 0.4) is 0 Å². The third-order valence-corrected chi connectivity index (χ3v) is 2.58. The van der Waals surface area contributed by atoms with Crippen molar-refractivity contribution in [1.82, 2.24) is 14.8 Å². The molecule has 0 aliphatic heterocycles. The van der Waals surface area contributed by atoms with Crippen LogP contribution < -0.4 is 11.4 Å². The molecule has 0 bridgehead atoms. The molecule has 0 unspecified atom stereocenters. The zero-order chi connectivity index (χ0) is 10.4. The van der Waals surface area contributed by atoms with Crippen molar-refractivity contribution in [3.05, 3.63) is 22.6 Å². The van der Waals surface area contributed by atoms with Crippen LogP contribution >= 0.6 is 11.8 Å². The largest absolute Gasteiger partial charge is 0.343 e. The molecular weight excluding hydrogens is 200 g/mol. The predicted octanol–water partition coefficient (Wildman–Crippen LogP) is 0.198. The highest BCUT2D eigenvalue weighted by Crippen LogP contribution is 2.12. The summed E-state index contributed by atoms with van der Waals surface area (Å²) in [6.45, 7) is 3.09. The summed E-state index contributed by atoms with van der Waals surface area (Å²) in [5, 5.41) is 7.05. The van der Waals surface area contributed by atoms with Crippen LogP contribution in [0.5, 0.6) is 0 Å². The van der Waals surface area contributed by atoms with Gasteiger partial charge in [0.1, 0.15) is 0 Å². The fraction of sp³-hybridized carbons (Fsp3) is 0.500. The van der Waals surface area contributed by atoms with E-state index >= 15 is 0 Å². The van der Waals surface area contributed by atoms with Crippen LogP contribution in [0.15, 0.2) is 22.1 Å². The molecule has 0 atom stereocenters. The van der Waals surface area contributed by atoms with E-state index in [0.717, 1.165) is 10.9 Å². The Bertz CT molecular complexity index is 354. The number of hydrogen-bond donors (Lipinski definition) is 2. The van der Waals surface area contributed by atoms with Crippen LogP contribution in [-0.2, 0) is 6.54 Å². The van der Waals surface area contributed by atoms with Crippen molar-refractivity contribution in [1.29, 1.82) is 0 Å². The van der Waals surface area contributed by atoms with Crippen molar-refractivity contribution >= 4 is 11.8 Å². The third kappa shape index (κ3) is 2.74. The van der Waals surface area contributed by atoms with E-state index in [4.69, 9.17) is 5.73 Å². The summed E-state index contributed by atoms with van der Waals surface area (Å²) < 4.78 is 1.60. The first-order chi connectivity index (χ1) is 6.79. The number of nitrogens with zero attached hydrogens (tertiary/aromatic N) is 2. The average Bonchev–Trinajstić information content (AvgIpc) is 2.54. The average molecular weight is 214 g/mol. The summed E-state index contributed by atoms with van der Waals surface area (Å²) in [6.07, 6.45) is 3.85. The summed E-state index contributed by atoms with van der Waals surface area (Å²) in [5.74, 6) is 0.779. The highest BCUT2D eigenvalue weighted by atomic mass is 32.2. The molecule has 0 amide bonds. The van der Waals surface area contributed by atoms with Gasteiger partial charge in [0.25, 0.3) is 0 Å². The van der Waals surface area contributed by atoms with E-state index in [-0.39, 0.29) is 5.69 Å². The fourth-order valence-electron chi connectivity index (χ4n) is 0.979. The van der Waals surface area contributed by atoms with Gasteiger partial charge in [-0.1, -0.05) is 23.9 Å². The second-order valence-electron chi connectivity index (χ2n) is 2.57. The third-order valence-electron chi connectivity index (χ3n) is 1.65. The molecule has 0 saturated carbocycles. The first kappa shape index (κ1) is 11.1. The maximum absolute atomic E-state index is 11.2. The van der Waals surface area contributed by atoms with E-state index in [1.54, 1.807) is 4.57 Å². The lowest BCUT2D eigenvalue weighted by Gasteiger charge is -1.98. The molecule has 1 aromatic heterocycles. The minimum atomic E-state index is -0.155. The summed E-state index contributed by atoms with van der Waals surface area (Å²) in [4.78, 5) is 11.2. The molecule has 78 valence electrons. The van der Waals surface area contributed by atoms with Crippen molar-refractivity contribution in [2.45, 2.75) is 18.6 Å². The van der Waals surface area contributed by atoms with Gasteiger partial charge in [-0.25, -0.2) is 9.89 Å². The molecule has 3 N–H and O–H groups in total. The molecule has 0 fully saturated rings. The zero-order valence-corrected chi connectivity index (χ0v) is 8.88. The smallest absolute Gasteiger partial charge is 0.327 e. The normalized spacial score (nSPS) is 11.3. The van der Waals surface area contributed by atoms with E-state index in [1.807, 2.05) is 19.1 Å². The Kier molecular flexibility index (Phi) is 4.48. The summed E-state index contributed by atoms with van der Waals surface area (Å²) in [7, 11) is 0. The number of nitrogens with two attached hydrogens (primary N) is 1. The molecule has 0 aliphatic rings. The standard InChI is InChI=1S/C8H14N4OS/c1-2-12-7(13)10-11-8(12)14-6-4-3-5-9/h3-4H,2,5-6,9H2,1H3,(H,10,13). The molecule has 0 saturated heterocycles. The van der Waals surface area contributed by atoms with E-state index in [1.165, 1.54) is 11.8 Å². The van der Waals surface area contributed by atoms with Gasteiger partial charge in [-0.3, -0.25) is 4.57 Å². The Balaban J connectivity index is 2.58. The van der Waals surface area contributed by atoms with Crippen molar-refractivity contribution in [3.63, 3.8) is 0 Å². The minimum Gasteiger partial charge on any atom is -0.327 e. The van der Waals surface area contributed by atoms with Gasteiger partial charge in [0, 0.05) is 18.8 Å². The number of thioether (sulfide) groups is 1. The number of rotatable bonds is 5. The Labute approximate surface area is 86.4 Å². The molecule has 1 heterocycles. The highest BCUT2D eigenvalue weighted by molar-refractivity contribution is 7.99. The maximum Gasteiger partial charge on any atom is 0.343 e. The van der Waals surface area contributed by atoms with E-state index < -0.39 is 0 Å². The molecule has 5 nitrogen and oxygen atoms in total. The number of aromatic nitrogens is 3. The summed E-state index contributed by atoms with van der Waals surface area (Å²) in [6, 6.07) is 0. The maximum atomic E-state index is 11.2. The molecule has 1 aromatic rings. The van der Waals surface area contributed by atoms with Crippen LogP contribution in [0, 0.1) is 0 Å². The molecular formula is C8H14N4OS. The summed E-state index contributed by atoms with van der Waals surface area (Å²) >= 11 is 1.51. The van der Waals surface area contributed by atoms with Gasteiger partial charge in [0.2, 0.25) is 0 Å². The van der Waals surface area contributed by atoms with Crippen molar-refractivity contribution in [3.8, 4) is 0 Å². The Morgan fingerprint density at radius 3 is 3.07 bits per heavy atom. The van der Waals surface area contributed by atoms with E-state index in [0.29, 0.717) is 13.1 Å². The fourth-order valence-corrected chi connectivity index (χ4v) is 1.84. The van der Waals surface area contributed by atoms with Gasteiger partial charge in [-0.15, -0.1) is 5.10 Å². The predicted molar refractivity (Wildman–Crippen MR) is 57.4 cm³/mol. The van der Waals surface area contributed by atoms with Crippen molar-refractivity contribution in [2.75, 3.05) is 12.3 Å². The number of hydrogen-bond acceptors (Lipinski definition) is 4. The molecule has 1 rings (SSSR count). The van der Waals surface area contributed by atoms with E-state index in [9.17, 15) is 4.79 Å². The zero-order valence-electron chi connectivity index (χ0n) is 8.06. The van der Waals surface area contributed by atoms with Gasteiger partial charge >= 0.3 is 5.69 Å². The Hall–Kier alpha value is -1.01. The first-order valence-corrected chi connectivity index (χ1v) is 5.41. The SMILES string of the molecule is CCn1c(SCC=CCN)n[nH]c1=O. The molecule has 0 aliphatic carbocycles. The van der Waals surface area contributed by atoms with Gasteiger partial charge in [-0.2, -0.15) is 0 Å². The Morgan fingerprint density at radius 1 is 1.64 bits per heavy atom. The van der Waals surface area contributed by atoms with Crippen LogP contribution in [0.4, 0.5) is 0 Å². The van der Waals surface area contributed by atoms with Gasteiger partial charge in [0.05, 0.1) is 0 Å². The minimum absolute atomic E-state index is 0.155. The number of nitrogens with one attached hydrogen (secondary N) is 1. The molecule has 14 heavy (non-hydrogen) atoms.